The molecule has 0 saturated carbocycles. The average molecular weight is 612 g/mol. The third kappa shape index (κ3) is 8.85. The predicted octanol–water partition coefficient (Wildman–Crippen LogP) is 4.64. The summed E-state index contributed by atoms with van der Waals surface area (Å²) in [5.74, 6) is -4.45. The summed E-state index contributed by atoms with van der Waals surface area (Å²) in [6.45, 7) is 7.57. The van der Waals surface area contributed by atoms with Crippen molar-refractivity contribution >= 4 is 35.1 Å². The molecule has 0 heterocycles. The Morgan fingerprint density at radius 3 is 2.18 bits per heavy atom. The van der Waals surface area contributed by atoms with Crippen LogP contribution in [0.2, 0.25) is 0 Å². The van der Waals surface area contributed by atoms with Crippen LogP contribution in [0.25, 0.3) is 0 Å². The lowest BCUT2D eigenvalue weighted by molar-refractivity contribution is -0.193. The Morgan fingerprint density at radius 2 is 1.57 bits per heavy atom. The fourth-order valence-electron chi connectivity index (χ4n) is 3.61. The summed E-state index contributed by atoms with van der Waals surface area (Å²) in [5.41, 5.74) is 11.2. The number of nitrogens with two attached hydrogens (primary N) is 1. The van der Waals surface area contributed by atoms with Gasteiger partial charge < -0.3 is 25.3 Å². The van der Waals surface area contributed by atoms with Crippen molar-refractivity contribution in [2.45, 2.75) is 12.2 Å². The molecule has 0 aliphatic heterocycles. The van der Waals surface area contributed by atoms with Crippen molar-refractivity contribution in [1.82, 2.24) is 5.43 Å². The van der Waals surface area contributed by atoms with E-state index >= 15 is 0 Å². The normalized spacial score (nSPS) is 11.3. The second-order valence-corrected chi connectivity index (χ2v) is 8.81. The Bertz CT molecular complexity index is 1540. The number of carbonyl (C=O) groups excluding carboxylic acids is 3. The van der Waals surface area contributed by atoms with Gasteiger partial charge >= 0.3 is 18.1 Å². The highest BCUT2D eigenvalue weighted by atomic mass is 19.4. The molecule has 44 heavy (non-hydrogen) atoms. The van der Waals surface area contributed by atoms with Crippen LogP contribution in [0.3, 0.4) is 0 Å². The van der Waals surface area contributed by atoms with Gasteiger partial charge in [-0.3, -0.25) is 21.1 Å². The summed E-state index contributed by atoms with van der Waals surface area (Å²) in [6.07, 6.45) is -2.31. The van der Waals surface area contributed by atoms with Gasteiger partial charge in [0.1, 0.15) is 25.1 Å². The lowest BCUT2D eigenvalue weighted by Gasteiger charge is -2.22. The number of amides is 1. The van der Waals surface area contributed by atoms with Gasteiger partial charge in [-0.05, 0) is 54.1 Å². The van der Waals surface area contributed by atoms with Crippen molar-refractivity contribution in [2.24, 2.45) is 5.73 Å². The van der Waals surface area contributed by atoms with E-state index in [-0.39, 0.29) is 24.7 Å². The smallest absolute Gasteiger partial charge is 0.486 e. The van der Waals surface area contributed by atoms with Gasteiger partial charge in [0.05, 0.1) is 11.3 Å². The quantitative estimate of drug-likeness (QED) is 0.0436. The number of amidine groups is 1. The van der Waals surface area contributed by atoms with E-state index in [1.54, 1.807) is 48.5 Å². The third-order valence-corrected chi connectivity index (χ3v) is 5.67. The molecule has 14 heteroatoms. The molecule has 230 valence electrons. The number of hydrogen-bond donors (Lipinski definition) is 5. The van der Waals surface area contributed by atoms with Gasteiger partial charge in [0.2, 0.25) is 0 Å². The second kappa shape index (κ2) is 14.9. The fraction of sp³-hybridized carbons (Fsp3) is 0.133. The monoisotopic (exact) mass is 611 g/mol. The number of para-hydroxylation sites is 1. The van der Waals surface area contributed by atoms with Crippen molar-refractivity contribution < 1.29 is 41.8 Å². The number of anilines is 2. The third-order valence-electron chi connectivity index (χ3n) is 5.67. The average Bonchev–Trinajstić information content (AvgIpc) is 3.00. The van der Waals surface area contributed by atoms with E-state index in [1.165, 1.54) is 24.3 Å². The number of hydrazine groups is 1. The van der Waals surface area contributed by atoms with Gasteiger partial charge in [-0.1, -0.05) is 43.5 Å². The van der Waals surface area contributed by atoms with Crippen LogP contribution in [0, 0.1) is 5.41 Å². The van der Waals surface area contributed by atoms with Crippen molar-refractivity contribution in [3.63, 3.8) is 0 Å². The van der Waals surface area contributed by atoms with Crippen LogP contribution >= 0.6 is 0 Å². The Kier molecular flexibility index (Phi) is 11.1. The summed E-state index contributed by atoms with van der Waals surface area (Å²) in [5, 5.41) is 10.7. The zero-order chi connectivity index (χ0) is 32.3. The minimum Gasteiger partial charge on any atom is -0.486 e. The number of alkyl halides is 3. The molecule has 3 aromatic carbocycles. The summed E-state index contributed by atoms with van der Waals surface area (Å²) < 4.78 is 53.1. The molecule has 3 rings (SSSR count). The van der Waals surface area contributed by atoms with Crippen LogP contribution in [-0.4, -0.2) is 43.1 Å². The van der Waals surface area contributed by atoms with Gasteiger partial charge in [0, 0.05) is 11.3 Å². The number of rotatable bonds is 14. The molecule has 0 aromatic heterocycles. The first kappa shape index (κ1) is 32.7. The highest BCUT2D eigenvalue weighted by Gasteiger charge is 2.42. The molecule has 0 bridgehead atoms. The van der Waals surface area contributed by atoms with Crippen molar-refractivity contribution in [1.29, 1.82) is 5.41 Å². The predicted molar refractivity (Wildman–Crippen MR) is 156 cm³/mol. The maximum absolute atomic E-state index is 13.6. The van der Waals surface area contributed by atoms with Crippen LogP contribution in [0.15, 0.2) is 92.0 Å². The Morgan fingerprint density at radius 1 is 0.932 bits per heavy atom. The number of benzene rings is 3. The molecule has 3 aromatic rings. The van der Waals surface area contributed by atoms with Crippen molar-refractivity contribution in [3.8, 4) is 11.5 Å². The molecule has 0 radical (unpaired) electrons. The number of nitrogens with one attached hydrogen (secondary N) is 4. The molecule has 0 spiro atoms. The summed E-state index contributed by atoms with van der Waals surface area (Å²) in [7, 11) is 0. The highest BCUT2D eigenvalue weighted by Crippen LogP contribution is 2.32. The number of halogens is 3. The van der Waals surface area contributed by atoms with Crippen molar-refractivity contribution in [3.05, 3.63) is 109 Å². The van der Waals surface area contributed by atoms with E-state index in [9.17, 15) is 27.6 Å². The number of nitrogen functional groups attached to an aromatic ring is 1. The molecular weight excluding hydrogens is 583 g/mol. The molecule has 6 N–H and O–H groups in total. The minimum absolute atomic E-state index is 0.135. The molecule has 0 fully saturated rings. The van der Waals surface area contributed by atoms with Crippen LogP contribution < -0.4 is 31.4 Å². The SMILES string of the molecule is C=CCOc1ccc(C(Nc2ccc(C(=N)N)cc2)C(=O)NNc2ccccc2C(=O)OC(=O)C(F)(F)F)cc1OCC=C. The van der Waals surface area contributed by atoms with E-state index in [0.29, 0.717) is 28.3 Å². The molecule has 1 unspecified atom stereocenters. The lowest BCUT2D eigenvalue weighted by Crippen LogP contribution is -2.37. The van der Waals surface area contributed by atoms with E-state index < -0.39 is 35.6 Å². The molecule has 0 saturated heterocycles. The maximum atomic E-state index is 13.6. The molecule has 11 nitrogen and oxygen atoms in total. The van der Waals surface area contributed by atoms with Gasteiger partial charge in [-0.2, -0.15) is 13.2 Å². The first-order chi connectivity index (χ1) is 20.9. The number of carbonyl (C=O) groups is 3. The van der Waals surface area contributed by atoms with Crippen LogP contribution in [0.1, 0.15) is 27.5 Å². The summed E-state index contributed by atoms with van der Waals surface area (Å²) in [6, 6.07) is 15.2. The second-order valence-electron chi connectivity index (χ2n) is 8.81. The van der Waals surface area contributed by atoms with Crippen LogP contribution in [-0.2, 0) is 14.3 Å². The number of ether oxygens (including phenoxy) is 3. The molecular formula is C30H28F3N5O6. The highest BCUT2D eigenvalue weighted by molar-refractivity contribution is 6.02. The topological polar surface area (TPSA) is 165 Å². The van der Waals surface area contributed by atoms with E-state index in [2.05, 4.69) is 34.1 Å². The first-order valence-corrected chi connectivity index (χ1v) is 12.7. The standard InChI is InChI=1S/C30H28F3N5O6/c1-3-15-42-23-14-11-19(17-24(23)43-16-4-2)25(36-20-12-9-18(10-13-20)26(34)35)27(39)38-37-22-8-6-5-7-21(22)28(40)44-29(41)30(31,32)33/h3-14,17,25,36-37H,1-2,15-16H2,(H3,34,35)(H,38,39). The molecule has 1 amide bonds. The largest absolute Gasteiger partial charge is 0.491 e. The number of esters is 2. The summed E-state index contributed by atoms with van der Waals surface area (Å²) in [4.78, 5) is 37.0. The van der Waals surface area contributed by atoms with Crippen molar-refractivity contribution in [2.75, 3.05) is 24.0 Å². The number of hydrogen-bond acceptors (Lipinski definition) is 9. The lowest BCUT2D eigenvalue weighted by atomic mass is 10.0. The summed E-state index contributed by atoms with van der Waals surface area (Å²) >= 11 is 0. The van der Waals surface area contributed by atoms with Crippen LogP contribution in [0.4, 0.5) is 24.5 Å². The Balaban J connectivity index is 1.92. The van der Waals surface area contributed by atoms with Gasteiger partial charge in [0.25, 0.3) is 5.91 Å². The zero-order valence-electron chi connectivity index (χ0n) is 23.1. The Labute approximate surface area is 250 Å². The zero-order valence-corrected chi connectivity index (χ0v) is 23.1. The first-order valence-electron chi connectivity index (χ1n) is 12.7. The van der Waals surface area contributed by atoms with Crippen LogP contribution in [0.5, 0.6) is 11.5 Å². The molecule has 0 aliphatic rings. The molecule has 1 atom stereocenters. The van der Waals surface area contributed by atoms with Gasteiger partial charge in [-0.15, -0.1) is 0 Å². The minimum atomic E-state index is -5.38. The van der Waals surface area contributed by atoms with E-state index in [4.69, 9.17) is 20.6 Å². The van der Waals surface area contributed by atoms with E-state index in [0.717, 1.165) is 6.07 Å². The molecule has 0 aliphatic carbocycles. The van der Waals surface area contributed by atoms with E-state index in [1.807, 2.05) is 0 Å². The van der Waals surface area contributed by atoms with Gasteiger partial charge in [-0.25, -0.2) is 9.59 Å². The van der Waals surface area contributed by atoms with Gasteiger partial charge in [0.15, 0.2) is 11.5 Å². The fourth-order valence-corrected chi connectivity index (χ4v) is 3.61. The maximum Gasteiger partial charge on any atom is 0.491 e. The Hall–Kier alpha value is -5.79.